The minimum atomic E-state index is -3.69. The highest BCUT2D eigenvalue weighted by Gasteiger charge is 2.30. The molecule has 4 heterocycles. The van der Waals surface area contributed by atoms with Crippen LogP contribution >= 0.6 is 0 Å². The fourth-order valence-electron chi connectivity index (χ4n) is 5.31. The number of hydrogen-bond acceptors (Lipinski definition) is 6. The predicted molar refractivity (Wildman–Crippen MR) is 146 cm³/mol. The second-order valence-corrected chi connectivity index (χ2v) is 11.8. The van der Waals surface area contributed by atoms with Gasteiger partial charge in [-0.2, -0.15) is 4.31 Å². The van der Waals surface area contributed by atoms with E-state index in [1.54, 1.807) is 24.3 Å². The Morgan fingerprint density at radius 1 is 0.949 bits per heavy atom. The molecule has 1 fully saturated rings. The van der Waals surface area contributed by atoms with Gasteiger partial charge in [-0.15, -0.1) is 0 Å². The summed E-state index contributed by atoms with van der Waals surface area (Å²) < 4.78 is 49.3. The van der Waals surface area contributed by atoms with Crippen molar-refractivity contribution in [2.24, 2.45) is 0 Å². The number of sulfonamides is 1. The Morgan fingerprint density at radius 3 is 2.54 bits per heavy atom. The van der Waals surface area contributed by atoms with Gasteiger partial charge in [0, 0.05) is 44.5 Å². The Balaban J connectivity index is 1.19. The molecular weight excluding hydrogens is 517 g/mol. The molecular formula is C29H30FN5O3S. The van der Waals surface area contributed by atoms with Crippen LogP contribution in [0.25, 0.3) is 11.3 Å². The second kappa shape index (κ2) is 10.9. The number of hydrogen-bond donors (Lipinski definition) is 0. The normalized spacial score (nSPS) is 16.3. The zero-order valence-corrected chi connectivity index (χ0v) is 22.4. The molecule has 0 unspecified atom stereocenters. The summed E-state index contributed by atoms with van der Waals surface area (Å²) in [5.41, 5.74) is 5.25. The number of pyridine rings is 1. The largest absolute Gasteiger partial charge is 0.378 e. The van der Waals surface area contributed by atoms with Crippen LogP contribution in [-0.2, 0) is 40.7 Å². The number of aromatic nitrogens is 3. The van der Waals surface area contributed by atoms with Gasteiger partial charge < -0.3 is 14.2 Å². The van der Waals surface area contributed by atoms with E-state index in [1.807, 2.05) is 24.7 Å². The molecule has 39 heavy (non-hydrogen) atoms. The van der Waals surface area contributed by atoms with Gasteiger partial charge in [0.25, 0.3) is 0 Å². The van der Waals surface area contributed by atoms with Crippen molar-refractivity contribution in [2.75, 3.05) is 37.7 Å². The SMILES string of the molecule is O=S(=O)(c1ccc(N2CCOCC2)nc1)N1CCc2c(cccc2-c2cncn2CCc2ccc(F)cc2)C1. The highest BCUT2D eigenvalue weighted by molar-refractivity contribution is 7.89. The number of fused-ring (bicyclic) bond motifs is 1. The summed E-state index contributed by atoms with van der Waals surface area (Å²) in [6, 6.07) is 16.0. The molecule has 0 saturated carbocycles. The first-order valence-corrected chi connectivity index (χ1v) is 14.6. The van der Waals surface area contributed by atoms with E-state index >= 15 is 0 Å². The smallest absolute Gasteiger partial charge is 0.244 e. The first kappa shape index (κ1) is 25.7. The van der Waals surface area contributed by atoms with Gasteiger partial charge in [0.2, 0.25) is 10.0 Å². The van der Waals surface area contributed by atoms with E-state index in [1.165, 1.54) is 22.6 Å². The molecule has 0 amide bonds. The maximum Gasteiger partial charge on any atom is 0.244 e. The lowest BCUT2D eigenvalue weighted by Gasteiger charge is -2.30. The van der Waals surface area contributed by atoms with Crippen molar-refractivity contribution in [3.63, 3.8) is 0 Å². The Kier molecular flexibility index (Phi) is 7.16. The van der Waals surface area contributed by atoms with Gasteiger partial charge in [0.15, 0.2) is 0 Å². The lowest BCUT2D eigenvalue weighted by molar-refractivity contribution is 0.122. The number of halogens is 1. The van der Waals surface area contributed by atoms with E-state index in [9.17, 15) is 12.8 Å². The molecule has 6 rings (SSSR count). The molecule has 2 aromatic heterocycles. The topological polar surface area (TPSA) is 80.6 Å². The van der Waals surface area contributed by atoms with Crippen LogP contribution in [0.4, 0.5) is 10.2 Å². The van der Waals surface area contributed by atoms with Gasteiger partial charge in [-0.1, -0.05) is 30.3 Å². The van der Waals surface area contributed by atoms with E-state index in [4.69, 9.17) is 4.74 Å². The molecule has 2 aliphatic rings. The predicted octanol–water partition coefficient (Wildman–Crippen LogP) is 3.91. The average molecular weight is 548 g/mol. The first-order chi connectivity index (χ1) is 19.0. The molecule has 0 aliphatic carbocycles. The van der Waals surface area contributed by atoms with Crippen LogP contribution in [0.3, 0.4) is 0 Å². The molecule has 0 N–H and O–H groups in total. The van der Waals surface area contributed by atoms with Crippen molar-refractivity contribution < 1.29 is 17.5 Å². The summed E-state index contributed by atoms with van der Waals surface area (Å²) in [6.45, 7) is 4.18. The number of ether oxygens (including phenoxy) is 1. The van der Waals surface area contributed by atoms with Crippen molar-refractivity contribution in [1.82, 2.24) is 18.8 Å². The van der Waals surface area contributed by atoms with Crippen LogP contribution < -0.4 is 4.90 Å². The van der Waals surface area contributed by atoms with Crippen molar-refractivity contribution in [2.45, 2.75) is 30.8 Å². The Morgan fingerprint density at radius 2 is 1.77 bits per heavy atom. The van der Waals surface area contributed by atoms with Crippen LogP contribution in [-0.4, -0.2) is 60.1 Å². The summed E-state index contributed by atoms with van der Waals surface area (Å²) >= 11 is 0. The molecule has 1 saturated heterocycles. The number of rotatable bonds is 7. The number of anilines is 1. The molecule has 0 atom stereocenters. The first-order valence-electron chi connectivity index (χ1n) is 13.1. The van der Waals surface area contributed by atoms with Gasteiger partial charge in [0.05, 0.1) is 31.4 Å². The average Bonchev–Trinajstić information content (AvgIpc) is 3.45. The fraction of sp³-hybridized carbons (Fsp3) is 0.310. The third-order valence-corrected chi connectivity index (χ3v) is 9.30. The van der Waals surface area contributed by atoms with Crippen molar-refractivity contribution in [3.8, 4) is 11.3 Å². The summed E-state index contributed by atoms with van der Waals surface area (Å²) in [7, 11) is -3.69. The highest BCUT2D eigenvalue weighted by Crippen LogP contribution is 2.32. The Hall–Kier alpha value is -3.60. The highest BCUT2D eigenvalue weighted by atomic mass is 32.2. The van der Waals surface area contributed by atoms with Crippen LogP contribution in [0.2, 0.25) is 0 Å². The third-order valence-electron chi connectivity index (χ3n) is 7.47. The number of benzene rings is 2. The number of nitrogens with zero attached hydrogens (tertiary/aromatic N) is 5. The molecule has 202 valence electrons. The zero-order valence-electron chi connectivity index (χ0n) is 21.5. The standard InChI is InChI=1S/C29H30FN5O3S/c30-24-6-4-22(5-7-24)10-12-34-21-31-19-28(34)27-3-1-2-23-20-35(13-11-26(23)27)39(36,37)25-8-9-29(32-18-25)33-14-16-38-17-15-33/h1-9,18-19,21H,10-17,20H2. The van der Waals surface area contributed by atoms with Crippen LogP contribution in [0.15, 0.2) is 78.2 Å². The van der Waals surface area contributed by atoms with E-state index < -0.39 is 10.0 Å². The number of imidazole rings is 1. The van der Waals surface area contributed by atoms with E-state index in [2.05, 4.69) is 25.5 Å². The minimum Gasteiger partial charge on any atom is -0.378 e. The number of morpholine rings is 1. The van der Waals surface area contributed by atoms with Gasteiger partial charge in [0.1, 0.15) is 16.5 Å². The van der Waals surface area contributed by atoms with E-state index in [-0.39, 0.29) is 10.7 Å². The lowest BCUT2D eigenvalue weighted by atomic mass is 9.94. The molecule has 2 aliphatic heterocycles. The molecule has 2 aromatic carbocycles. The van der Waals surface area contributed by atoms with Crippen LogP contribution in [0, 0.1) is 5.82 Å². The molecule has 0 spiro atoms. The van der Waals surface area contributed by atoms with E-state index in [0.29, 0.717) is 39.3 Å². The molecule has 10 heteroatoms. The molecule has 4 aromatic rings. The van der Waals surface area contributed by atoms with Gasteiger partial charge >= 0.3 is 0 Å². The maximum atomic E-state index is 13.5. The van der Waals surface area contributed by atoms with Gasteiger partial charge in [-0.25, -0.2) is 22.8 Å². The third kappa shape index (κ3) is 5.32. The minimum absolute atomic E-state index is 0.206. The summed E-state index contributed by atoms with van der Waals surface area (Å²) in [4.78, 5) is 11.1. The lowest BCUT2D eigenvalue weighted by Crippen LogP contribution is -2.37. The van der Waals surface area contributed by atoms with Crippen LogP contribution in [0.5, 0.6) is 0 Å². The quantitative estimate of drug-likeness (QED) is 0.349. The molecule has 8 nitrogen and oxygen atoms in total. The summed E-state index contributed by atoms with van der Waals surface area (Å²) in [5, 5.41) is 0. The fourth-order valence-corrected chi connectivity index (χ4v) is 6.67. The van der Waals surface area contributed by atoms with Crippen LogP contribution in [0.1, 0.15) is 16.7 Å². The molecule has 0 radical (unpaired) electrons. The second-order valence-electron chi connectivity index (χ2n) is 9.83. The number of aryl methyl sites for hydroxylation is 2. The zero-order chi connectivity index (χ0) is 26.8. The monoisotopic (exact) mass is 547 g/mol. The van der Waals surface area contributed by atoms with Gasteiger partial charge in [-0.3, -0.25) is 0 Å². The summed E-state index contributed by atoms with van der Waals surface area (Å²) in [5.74, 6) is 0.525. The van der Waals surface area contributed by atoms with Crippen molar-refractivity contribution >= 4 is 15.8 Å². The van der Waals surface area contributed by atoms with E-state index in [0.717, 1.165) is 53.3 Å². The van der Waals surface area contributed by atoms with Crippen molar-refractivity contribution in [3.05, 3.63) is 95.8 Å². The Bertz CT molecular complexity index is 1550. The van der Waals surface area contributed by atoms with Crippen molar-refractivity contribution in [1.29, 1.82) is 0 Å². The molecule has 0 bridgehead atoms. The maximum absolute atomic E-state index is 13.5. The van der Waals surface area contributed by atoms with Gasteiger partial charge in [-0.05, 0) is 53.8 Å². The Labute approximate surface area is 227 Å². The summed E-state index contributed by atoms with van der Waals surface area (Å²) in [6.07, 6.45) is 6.48.